The second-order valence-corrected chi connectivity index (χ2v) is 8.97. The highest BCUT2D eigenvalue weighted by atomic mass is 79.9. The summed E-state index contributed by atoms with van der Waals surface area (Å²) in [6.07, 6.45) is 9.05. The van der Waals surface area contributed by atoms with Gasteiger partial charge in [0.25, 0.3) is 0 Å². The van der Waals surface area contributed by atoms with Crippen LogP contribution in [0.15, 0.2) is 146 Å². The Morgan fingerprint density at radius 3 is 0.711 bits per heavy atom. The molecule has 4 aromatic carbocycles. The second kappa shape index (κ2) is 24.9. The first-order valence-corrected chi connectivity index (χ1v) is 17.3. The van der Waals surface area contributed by atoms with Gasteiger partial charge in [-0.3, -0.25) is 0 Å². The Labute approximate surface area is 278 Å². The molecular formula is C40H51BrN4. The molecule has 4 N–H and O–H groups in total. The fraction of sp³-hybridized carbons (Fsp3) is 0.200. The molecule has 0 spiro atoms. The number of rotatable bonds is 0. The molecule has 0 saturated carbocycles. The first-order valence-electron chi connectivity index (χ1n) is 15.7. The molecular weight excluding hydrogens is 616 g/mol. The Bertz CT molecular complexity index is 1400. The van der Waals surface area contributed by atoms with E-state index in [2.05, 4.69) is 123 Å². The van der Waals surface area contributed by atoms with Crippen LogP contribution >= 0.6 is 15.9 Å². The lowest BCUT2D eigenvalue weighted by molar-refractivity contribution is 1.09. The van der Waals surface area contributed by atoms with Gasteiger partial charge >= 0.3 is 0 Å². The molecule has 0 unspecified atom stereocenters. The Morgan fingerprint density at radius 1 is 0.356 bits per heavy atom. The highest BCUT2D eigenvalue weighted by Gasteiger charge is 1.89. The van der Waals surface area contributed by atoms with Gasteiger partial charge in [-0.1, -0.05) is 137 Å². The fourth-order valence-corrected chi connectivity index (χ4v) is 3.98. The molecule has 0 bridgehead atoms. The molecule has 5 heteroatoms. The second-order valence-electron chi connectivity index (χ2n) is 8.97. The van der Waals surface area contributed by atoms with E-state index >= 15 is 0 Å². The molecule has 0 aliphatic rings. The van der Waals surface area contributed by atoms with E-state index in [1.54, 1.807) is 0 Å². The van der Waals surface area contributed by atoms with E-state index in [9.17, 15) is 0 Å². The summed E-state index contributed by atoms with van der Waals surface area (Å²) in [6.45, 7) is 12.2. The molecule has 8 rings (SSSR count). The average Bonchev–Trinajstić information content (AvgIpc) is 3.95. The lowest BCUT2D eigenvalue weighted by Gasteiger charge is -1.83. The maximum absolute atomic E-state index is 3.12. The highest BCUT2D eigenvalue weighted by Crippen LogP contribution is 2.11. The number of nitrogens with one attached hydrogen (secondary N) is 4. The summed E-state index contributed by atoms with van der Waals surface area (Å²) in [5, 5.41) is 5.10. The number of H-pyrrole nitrogens is 4. The van der Waals surface area contributed by atoms with E-state index < -0.39 is 0 Å². The van der Waals surface area contributed by atoms with Gasteiger partial charge in [-0.05, 0) is 75.9 Å². The van der Waals surface area contributed by atoms with Crippen LogP contribution in [0.2, 0.25) is 0 Å². The summed E-state index contributed by atoms with van der Waals surface area (Å²) in [5.74, 6) is 1.81. The molecule has 4 heterocycles. The molecule has 0 aliphatic heterocycles. The number of aromatic nitrogens is 4. The van der Waals surface area contributed by atoms with E-state index in [1.165, 1.54) is 50.0 Å². The van der Waals surface area contributed by atoms with Crippen molar-refractivity contribution in [2.45, 2.75) is 48.0 Å². The van der Waals surface area contributed by atoms with Crippen LogP contribution in [-0.4, -0.2) is 25.8 Å². The largest absolute Gasteiger partial charge is 0.361 e. The zero-order chi connectivity index (χ0) is 33.1. The van der Waals surface area contributed by atoms with Gasteiger partial charge in [0.1, 0.15) is 0 Å². The van der Waals surface area contributed by atoms with E-state index in [1.807, 2.05) is 107 Å². The molecule has 8 aromatic rings. The molecule has 238 valence electrons. The molecule has 4 nitrogen and oxygen atoms in total. The third-order valence-corrected chi connectivity index (χ3v) is 5.85. The van der Waals surface area contributed by atoms with E-state index in [4.69, 9.17) is 0 Å². The minimum atomic E-state index is 1.21. The third-order valence-electron chi connectivity index (χ3n) is 5.85. The molecule has 0 fully saturated rings. The number of hydrogen-bond acceptors (Lipinski definition) is 0. The van der Waals surface area contributed by atoms with Crippen molar-refractivity contribution in [2.24, 2.45) is 0 Å². The van der Waals surface area contributed by atoms with Crippen molar-refractivity contribution in [1.82, 2.24) is 19.9 Å². The monoisotopic (exact) mass is 666 g/mol. The molecule has 0 radical (unpaired) electrons. The van der Waals surface area contributed by atoms with Gasteiger partial charge in [-0.15, -0.1) is 0 Å². The Hall–Kier alpha value is -4.48. The Kier molecular flexibility index (Phi) is 21.3. The van der Waals surface area contributed by atoms with Crippen LogP contribution in [0.3, 0.4) is 0 Å². The Morgan fingerprint density at radius 2 is 0.533 bits per heavy atom. The van der Waals surface area contributed by atoms with E-state index in [0.29, 0.717) is 0 Å². The number of alkyl halides is 1. The summed E-state index contributed by atoms with van der Waals surface area (Å²) in [5.41, 5.74) is 4.82. The SMILES string of the molecule is CBr.CC.CC.CCC.c1ccc2[nH]ccc2c1.c1ccc2[nH]ccc2c1.c1ccc2[nH]ccc2c1.c1ccc2[nH]ccc2c1. The molecule has 0 amide bonds. The smallest absolute Gasteiger partial charge is 0.0453 e. The van der Waals surface area contributed by atoms with E-state index in [-0.39, 0.29) is 0 Å². The van der Waals surface area contributed by atoms with Crippen molar-refractivity contribution in [3.8, 4) is 0 Å². The van der Waals surface area contributed by atoms with Gasteiger partial charge in [-0.25, -0.2) is 0 Å². The maximum Gasteiger partial charge on any atom is 0.0453 e. The van der Waals surface area contributed by atoms with Gasteiger partial charge in [0, 0.05) is 46.9 Å². The van der Waals surface area contributed by atoms with Crippen molar-refractivity contribution >= 4 is 59.5 Å². The summed E-state index contributed by atoms with van der Waals surface area (Å²) in [7, 11) is 0. The lowest BCUT2D eigenvalue weighted by Crippen LogP contribution is -1.61. The van der Waals surface area contributed by atoms with Gasteiger partial charge in [0.2, 0.25) is 0 Å². The normalized spacial score (nSPS) is 8.98. The quantitative estimate of drug-likeness (QED) is 0.116. The number of halogens is 1. The van der Waals surface area contributed by atoms with Crippen LogP contribution in [0, 0.1) is 0 Å². The number of aromatic amines is 4. The number of para-hydroxylation sites is 4. The van der Waals surface area contributed by atoms with Crippen LogP contribution in [0.25, 0.3) is 43.6 Å². The van der Waals surface area contributed by atoms with Crippen molar-refractivity contribution < 1.29 is 0 Å². The molecule has 0 aliphatic carbocycles. The van der Waals surface area contributed by atoms with Crippen LogP contribution in [0.1, 0.15) is 48.0 Å². The molecule has 4 aromatic heterocycles. The summed E-state index contributed by atoms with van der Waals surface area (Å²) >= 11 is 2.94. The number of hydrogen-bond donors (Lipinski definition) is 4. The minimum absolute atomic E-state index is 1.21. The third kappa shape index (κ3) is 13.8. The van der Waals surface area contributed by atoms with Crippen LogP contribution in [0.4, 0.5) is 0 Å². The minimum Gasteiger partial charge on any atom is -0.361 e. The summed E-state index contributed by atoms with van der Waals surface area (Å²) < 4.78 is 0. The van der Waals surface area contributed by atoms with Crippen LogP contribution in [-0.2, 0) is 0 Å². The summed E-state index contributed by atoms with van der Waals surface area (Å²) in [4.78, 5) is 12.5. The van der Waals surface area contributed by atoms with Crippen molar-refractivity contribution in [3.63, 3.8) is 0 Å². The topological polar surface area (TPSA) is 63.2 Å². The first kappa shape index (κ1) is 38.5. The van der Waals surface area contributed by atoms with Crippen molar-refractivity contribution in [3.05, 3.63) is 146 Å². The lowest BCUT2D eigenvalue weighted by atomic mass is 10.3. The predicted molar refractivity (Wildman–Crippen MR) is 207 cm³/mol. The van der Waals surface area contributed by atoms with Gasteiger partial charge < -0.3 is 19.9 Å². The zero-order valence-corrected chi connectivity index (χ0v) is 29.5. The fourth-order valence-electron chi connectivity index (χ4n) is 3.98. The Balaban J connectivity index is 0.000000276. The molecule has 0 atom stereocenters. The zero-order valence-electron chi connectivity index (χ0n) is 27.9. The molecule has 0 saturated heterocycles. The van der Waals surface area contributed by atoms with Gasteiger partial charge in [0.15, 0.2) is 0 Å². The number of fused-ring (bicyclic) bond motifs is 4. The van der Waals surface area contributed by atoms with Crippen LogP contribution in [0.5, 0.6) is 0 Å². The highest BCUT2D eigenvalue weighted by molar-refractivity contribution is 9.08. The van der Waals surface area contributed by atoms with Gasteiger partial charge in [-0.2, -0.15) is 0 Å². The van der Waals surface area contributed by atoms with Crippen LogP contribution < -0.4 is 0 Å². The summed E-state index contributed by atoms with van der Waals surface area (Å²) in [6, 6.07) is 41.1. The average molecular weight is 668 g/mol. The standard InChI is InChI=1S/4C8H7N.C3H8.2C2H6.CH3Br/c4*1-2-4-8-7(3-1)5-6-9-8;1-3-2;3*1-2/h4*1-6,9H;3H2,1-2H3;2*1-2H3;1H3. The predicted octanol–water partition coefficient (Wildman–Crippen LogP) is 13.2. The van der Waals surface area contributed by atoms with Crippen molar-refractivity contribution in [1.29, 1.82) is 0 Å². The van der Waals surface area contributed by atoms with Crippen molar-refractivity contribution in [2.75, 3.05) is 5.83 Å². The number of benzene rings is 4. The first-order chi connectivity index (χ1) is 22.3. The maximum atomic E-state index is 3.12. The molecule has 45 heavy (non-hydrogen) atoms. The van der Waals surface area contributed by atoms with E-state index in [0.717, 1.165) is 0 Å². The van der Waals surface area contributed by atoms with Gasteiger partial charge in [0.05, 0.1) is 0 Å².